The molecule has 2 atom stereocenters. The Hall–Kier alpha value is -0.800. The Kier molecular flexibility index (Phi) is 2.38. The Labute approximate surface area is 78.0 Å². The molecule has 0 aromatic carbocycles. The van der Waals surface area contributed by atoms with E-state index in [0.717, 1.165) is 25.3 Å². The first-order valence-corrected chi connectivity index (χ1v) is 4.73. The highest BCUT2D eigenvalue weighted by Crippen LogP contribution is 2.24. The Balaban J connectivity index is 2.02. The van der Waals surface area contributed by atoms with Gasteiger partial charge in [0.25, 0.3) is 0 Å². The highest BCUT2D eigenvalue weighted by molar-refractivity contribution is 5.04. The van der Waals surface area contributed by atoms with Crippen LogP contribution in [-0.2, 0) is 0 Å². The van der Waals surface area contributed by atoms with Gasteiger partial charge in [0.05, 0.1) is 18.4 Å². The van der Waals surface area contributed by atoms with Crippen LogP contribution in [-0.4, -0.2) is 29.2 Å². The lowest BCUT2D eigenvalue weighted by atomic mass is 10.2. The van der Waals surface area contributed by atoms with E-state index in [4.69, 9.17) is 4.42 Å². The van der Waals surface area contributed by atoms with Gasteiger partial charge in [0, 0.05) is 13.1 Å². The molecule has 1 aromatic rings. The van der Waals surface area contributed by atoms with Gasteiger partial charge in [-0.15, -0.1) is 0 Å². The normalized spacial score (nSPS) is 26.5. The molecule has 72 valence electrons. The van der Waals surface area contributed by atoms with Gasteiger partial charge in [-0.3, -0.25) is 4.90 Å². The first kappa shape index (κ1) is 8.78. The Morgan fingerprint density at radius 1 is 1.69 bits per heavy atom. The second-order valence-corrected chi connectivity index (χ2v) is 3.63. The average Bonchev–Trinajstić information content (AvgIpc) is 2.72. The van der Waals surface area contributed by atoms with Crippen LogP contribution in [0.5, 0.6) is 0 Å². The molecule has 13 heavy (non-hydrogen) atoms. The van der Waals surface area contributed by atoms with Crippen LogP contribution in [0.1, 0.15) is 25.1 Å². The number of aliphatic hydroxyl groups excluding tert-OH is 1. The minimum Gasteiger partial charge on any atom is -0.468 e. The average molecular weight is 181 g/mol. The molecule has 1 aliphatic heterocycles. The van der Waals surface area contributed by atoms with Gasteiger partial charge in [0.1, 0.15) is 5.76 Å². The third-order valence-electron chi connectivity index (χ3n) is 2.70. The van der Waals surface area contributed by atoms with E-state index in [0.29, 0.717) is 0 Å². The van der Waals surface area contributed by atoms with E-state index in [2.05, 4.69) is 11.8 Å². The zero-order valence-electron chi connectivity index (χ0n) is 7.81. The molecule has 1 N–H and O–H groups in total. The van der Waals surface area contributed by atoms with E-state index in [9.17, 15) is 5.11 Å². The maximum atomic E-state index is 9.37. The lowest BCUT2D eigenvalue weighted by Crippen LogP contribution is -2.25. The summed E-state index contributed by atoms with van der Waals surface area (Å²) in [6.45, 7) is 3.84. The second kappa shape index (κ2) is 3.52. The van der Waals surface area contributed by atoms with Crippen molar-refractivity contribution in [1.29, 1.82) is 0 Å². The van der Waals surface area contributed by atoms with Crippen molar-refractivity contribution in [3.05, 3.63) is 24.2 Å². The molecule has 3 nitrogen and oxygen atoms in total. The van der Waals surface area contributed by atoms with Crippen LogP contribution in [0.15, 0.2) is 22.8 Å². The van der Waals surface area contributed by atoms with Gasteiger partial charge in [0.15, 0.2) is 0 Å². The van der Waals surface area contributed by atoms with Crippen molar-refractivity contribution in [2.24, 2.45) is 0 Å². The summed E-state index contributed by atoms with van der Waals surface area (Å²) in [6, 6.07) is 4.17. The molecule has 3 heteroatoms. The molecule has 0 unspecified atom stereocenters. The standard InChI is InChI=1S/C10H15NO2/c1-8(10-3-2-6-13-10)11-5-4-9(12)7-11/h2-3,6,8-9,12H,4-5,7H2,1H3/t8-,9-/m0/s1. The topological polar surface area (TPSA) is 36.6 Å². The molecule has 1 saturated heterocycles. The molecule has 0 radical (unpaired) electrons. The Morgan fingerprint density at radius 3 is 3.08 bits per heavy atom. The summed E-state index contributed by atoms with van der Waals surface area (Å²) in [5, 5.41) is 9.37. The summed E-state index contributed by atoms with van der Waals surface area (Å²) in [7, 11) is 0. The summed E-state index contributed by atoms with van der Waals surface area (Å²) in [6.07, 6.45) is 2.42. The SMILES string of the molecule is C[C@@H](c1ccco1)N1CC[C@H](O)C1. The fourth-order valence-corrected chi connectivity index (χ4v) is 1.83. The van der Waals surface area contributed by atoms with Gasteiger partial charge >= 0.3 is 0 Å². The lowest BCUT2D eigenvalue weighted by Gasteiger charge is -2.21. The largest absolute Gasteiger partial charge is 0.468 e. The third-order valence-corrected chi connectivity index (χ3v) is 2.70. The van der Waals surface area contributed by atoms with E-state index in [1.807, 2.05) is 12.1 Å². The molecule has 0 amide bonds. The number of likely N-dealkylation sites (tertiary alicyclic amines) is 1. The number of β-amino-alcohol motifs (C(OH)–C–C–N with tert-alkyl or cyclic N) is 1. The van der Waals surface area contributed by atoms with E-state index in [-0.39, 0.29) is 12.1 Å². The predicted molar refractivity (Wildman–Crippen MR) is 49.3 cm³/mol. The third kappa shape index (κ3) is 1.76. The molecule has 1 aliphatic rings. The van der Waals surface area contributed by atoms with Crippen molar-refractivity contribution in [2.45, 2.75) is 25.5 Å². The van der Waals surface area contributed by atoms with E-state index in [1.165, 1.54) is 0 Å². The summed E-state index contributed by atoms with van der Waals surface area (Å²) in [5.74, 6) is 0.981. The molecule has 0 aliphatic carbocycles. The van der Waals surface area contributed by atoms with Crippen molar-refractivity contribution in [1.82, 2.24) is 4.90 Å². The summed E-state index contributed by atoms with van der Waals surface area (Å²) in [5.41, 5.74) is 0. The zero-order valence-corrected chi connectivity index (χ0v) is 7.81. The van der Waals surface area contributed by atoms with Crippen molar-refractivity contribution in [3.8, 4) is 0 Å². The van der Waals surface area contributed by atoms with Crippen molar-refractivity contribution >= 4 is 0 Å². The van der Waals surface area contributed by atoms with Crippen LogP contribution in [0.2, 0.25) is 0 Å². The smallest absolute Gasteiger partial charge is 0.120 e. The first-order chi connectivity index (χ1) is 6.27. The number of rotatable bonds is 2. The van der Waals surface area contributed by atoms with E-state index in [1.54, 1.807) is 6.26 Å². The highest BCUT2D eigenvalue weighted by Gasteiger charge is 2.26. The molecule has 0 bridgehead atoms. The Morgan fingerprint density at radius 2 is 2.54 bits per heavy atom. The molecule has 1 aromatic heterocycles. The van der Waals surface area contributed by atoms with Crippen LogP contribution in [0, 0.1) is 0 Å². The van der Waals surface area contributed by atoms with Crippen molar-refractivity contribution in [2.75, 3.05) is 13.1 Å². The van der Waals surface area contributed by atoms with Gasteiger partial charge < -0.3 is 9.52 Å². The predicted octanol–water partition coefficient (Wildman–Crippen LogP) is 1.41. The van der Waals surface area contributed by atoms with E-state index < -0.39 is 0 Å². The second-order valence-electron chi connectivity index (χ2n) is 3.63. The van der Waals surface area contributed by atoms with Gasteiger partial charge in [-0.25, -0.2) is 0 Å². The van der Waals surface area contributed by atoms with Crippen molar-refractivity contribution < 1.29 is 9.52 Å². The monoisotopic (exact) mass is 181 g/mol. The molecule has 1 fully saturated rings. The Bertz CT molecular complexity index is 258. The number of hydrogen-bond acceptors (Lipinski definition) is 3. The summed E-state index contributed by atoms with van der Waals surface area (Å²) < 4.78 is 5.32. The molecule has 2 rings (SSSR count). The molecule has 2 heterocycles. The zero-order chi connectivity index (χ0) is 9.26. The van der Waals surface area contributed by atoms with Crippen LogP contribution in [0.4, 0.5) is 0 Å². The molecular weight excluding hydrogens is 166 g/mol. The summed E-state index contributed by atoms with van der Waals surface area (Å²) in [4.78, 5) is 2.24. The van der Waals surface area contributed by atoms with Crippen LogP contribution < -0.4 is 0 Å². The fourth-order valence-electron chi connectivity index (χ4n) is 1.83. The molecule has 0 saturated carbocycles. The molecule has 0 spiro atoms. The highest BCUT2D eigenvalue weighted by atomic mass is 16.3. The number of aliphatic hydroxyl groups is 1. The van der Waals surface area contributed by atoms with Gasteiger partial charge in [0.2, 0.25) is 0 Å². The minimum atomic E-state index is -0.155. The fraction of sp³-hybridized carbons (Fsp3) is 0.600. The quantitative estimate of drug-likeness (QED) is 0.749. The minimum absolute atomic E-state index is 0.155. The van der Waals surface area contributed by atoms with Crippen molar-refractivity contribution in [3.63, 3.8) is 0 Å². The first-order valence-electron chi connectivity index (χ1n) is 4.73. The van der Waals surface area contributed by atoms with Crippen LogP contribution in [0.3, 0.4) is 0 Å². The number of hydrogen-bond donors (Lipinski definition) is 1. The van der Waals surface area contributed by atoms with Gasteiger partial charge in [-0.1, -0.05) is 0 Å². The molecular formula is C10H15NO2. The summed E-state index contributed by atoms with van der Waals surface area (Å²) >= 11 is 0. The van der Waals surface area contributed by atoms with Crippen LogP contribution >= 0.6 is 0 Å². The maximum absolute atomic E-state index is 9.37. The lowest BCUT2D eigenvalue weighted by molar-refractivity contribution is 0.156. The maximum Gasteiger partial charge on any atom is 0.120 e. The van der Waals surface area contributed by atoms with E-state index >= 15 is 0 Å². The number of nitrogens with zero attached hydrogens (tertiary/aromatic N) is 1. The van der Waals surface area contributed by atoms with Gasteiger partial charge in [-0.2, -0.15) is 0 Å². The van der Waals surface area contributed by atoms with Crippen LogP contribution in [0.25, 0.3) is 0 Å². The van der Waals surface area contributed by atoms with Gasteiger partial charge in [-0.05, 0) is 25.5 Å². The number of furan rings is 1.